The standard InChI is InChI=1S/C11H17N/c1-9-6-7-10(8-12(9)5)11(2,3)4/h6-8H,1H2,2-5H3. The maximum Gasteiger partial charge on any atom is 0.0330 e. The van der Waals surface area contributed by atoms with Gasteiger partial charge < -0.3 is 4.90 Å². The van der Waals surface area contributed by atoms with Gasteiger partial charge in [-0.1, -0.05) is 33.4 Å². The van der Waals surface area contributed by atoms with Crippen LogP contribution in [0.2, 0.25) is 0 Å². The first-order valence-electron chi connectivity index (χ1n) is 4.23. The van der Waals surface area contributed by atoms with Crippen LogP contribution in [0.1, 0.15) is 20.8 Å². The molecule has 0 radical (unpaired) electrons. The van der Waals surface area contributed by atoms with Crippen molar-refractivity contribution in [3.63, 3.8) is 0 Å². The van der Waals surface area contributed by atoms with Gasteiger partial charge in [-0.15, -0.1) is 0 Å². The van der Waals surface area contributed by atoms with Gasteiger partial charge in [0.15, 0.2) is 0 Å². The molecule has 0 fully saturated rings. The largest absolute Gasteiger partial charge is 0.351 e. The van der Waals surface area contributed by atoms with Crippen LogP contribution >= 0.6 is 0 Å². The molecule has 1 heterocycles. The van der Waals surface area contributed by atoms with E-state index in [1.807, 2.05) is 7.05 Å². The molecular weight excluding hydrogens is 146 g/mol. The van der Waals surface area contributed by atoms with E-state index in [1.54, 1.807) is 0 Å². The molecule has 0 aliphatic carbocycles. The molecule has 1 aliphatic rings. The van der Waals surface area contributed by atoms with Crippen LogP contribution in [0.15, 0.2) is 36.2 Å². The Morgan fingerprint density at radius 1 is 1.25 bits per heavy atom. The minimum Gasteiger partial charge on any atom is -0.351 e. The molecule has 0 aromatic carbocycles. The monoisotopic (exact) mass is 163 g/mol. The summed E-state index contributed by atoms with van der Waals surface area (Å²) in [5.74, 6) is 0. The molecule has 66 valence electrons. The second-order valence-electron chi connectivity index (χ2n) is 4.27. The summed E-state index contributed by atoms with van der Waals surface area (Å²) in [6, 6.07) is 0. The van der Waals surface area contributed by atoms with Gasteiger partial charge in [0, 0.05) is 18.9 Å². The normalized spacial score (nSPS) is 18.2. The van der Waals surface area contributed by atoms with E-state index < -0.39 is 0 Å². The summed E-state index contributed by atoms with van der Waals surface area (Å²) in [6.07, 6.45) is 6.34. The Balaban J connectivity index is 2.91. The number of likely N-dealkylation sites (N-methyl/N-ethyl adjacent to an activating group) is 1. The summed E-state index contributed by atoms with van der Waals surface area (Å²) >= 11 is 0. The van der Waals surface area contributed by atoms with Crippen LogP contribution in [0.3, 0.4) is 0 Å². The Morgan fingerprint density at radius 3 is 2.25 bits per heavy atom. The fraction of sp³-hybridized carbons (Fsp3) is 0.455. The van der Waals surface area contributed by atoms with Crippen LogP contribution in [0, 0.1) is 5.41 Å². The van der Waals surface area contributed by atoms with E-state index in [9.17, 15) is 0 Å². The molecule has 0 atom stereocenters. The van der Waals surface area contributed by atoms with Gasteiger partial charge in [-0.05, 0) is 17.1 Å². The Morgan fingerprint density at radius 2 is 1.83 bits per heavy atom. The van der Waals surface area contributed by atoms with Gasteiger partial charge >= 0.3 is 0 Å². The first-order valence-corrected chi connectivity index (χ1v) is 4.23. The zero-order valence-corrected chi connectivity index (χ0v) is 8.39. The number of hydrogen-bond acceptors (Lipinski definition) is 1. The van der Waals surface area contributed by atoms with Crippen molar-refractivity contribution in [2.45, 2.75) is 20.8 Å². The topological polar surface area (TPSA) is 3.24 Å². The third kappa shape index (κ3) is 1.79. The molecule has 0 saturated carbocycles. The SMILES string of the molecule is C=C1C=CC(C(C)(C)C)=CN1C. The van der Waals surface area contributed by atoms with Gasteiger partial charge in [-0.25, -0.2) is 0 Å². The molecule has 0 saturated heterocycles. The number of nitrogens with zero attached hydrogens (tertiary/aromatic N) is 1. The van der Waals surface area contributed by atoms with E-state index in [0.29, 0.717) is 0 Å². The quantitative estimate of drug-likeness (QED) is 0.530. The van der Waals surface area contributed by atoms with Crippen LogP contribution in [-0.4, -0.2) is 11.9 Å². The highest BCUT2D eigenvalue weighted by molar-refractivity contribution is 5.35. The Labute approximate surface area is 75.1 Å². The summed E-state index contributed by atoms with van der Waals surface area (Å²) in [7, 11) is 2.03. The fourth-order valence-corrected chi connectivity index (χ4v) is 1.08. The number of allylic oxidation sites excluding steroid dienone is 3. The van der Waals surface area contributed by atoms with Crippen LogP contribution < -0.4 is 0 Å². The minimum absolute atomic E-state index is 0.228. The van der Waals surface area contributed by atoms with Gasteiger partial charge in [0.1, 0.15) is 0 Å². The molecule has 1 heteroatoms. The summed E-state index contributed by atoms with van der Waals surface area (Å²) in [6.45, 7) is 10.5. The van der Waals surface area contributed by atoms with Gasteiger partial charge in [-0.2, -0.15) is 0 Å². The van der Waals surface area contributed by atoms with Crippen molar-refractivity contribution >= 4 is 0 Å². The molecule has 0 bridgehead atoms. The predicted molar refractivity (Wildman–Crippen MR) is 53.6 cm³/mol. The first-order chi connectivity index (χ1) is 5.41. The lowest BCUT2D eigenvalue weighted by Crippen LogP contribution is -2.17. The Bertz CT molecular complexity index is 251. The summed E-state index contributed by atoms with van der Waals surface area (Å²) in [4.78, 5) is 2.06. The molecular formula is C11H17N. The first kappa shape index (κ1) is 9.11. The molecule has 1 rings (SSSR count). The molecule has 0 N–H and O–H groups in total. The summed E-state index contributed by atoms with van der Waals surface area (Å²) in [5, 5.41) is 0. The van der Waals surface area contributed by atoms with Crippen molar-refractivity contribution in [1.82, 2.24) is 4.90 Å². The maximum absolute atomic E-state index is 3.91. The lowest BCUT2D eigenvalue weighted by Gasteiger charge is -2.27. The third-order valence-corrected chi connectivity index (χ3v) is 2.11. The molecule has 0 aromatic heterocycles. The Kier molecular flexibility index (Phi) is 2.14. The summed E-state index contributed by atoms with van der Waals surface area (Å²) in [5.41, 5.74) is 2.62. The van der Waals surface area contributed by atoms with Crippen LogP contribution in [0.4, 0.5) is 0 Å². The van der Waals surface area contributed by atoms with Gasteiger partial charge in [0.05, 0.1) is 0 Å². The van der Waals surface area contributed by atoms with Crippen molar-refractivity contribution in [1.29, 1.82) is 0 Å². The average molecular weight is 163 g/mol. The lowest BCUT2D eigenvalue weighted by molar-refractivity contribution is 0.483. The van der Waals surface area contributed by atoms with Gasteiger partial charge in [0.25, 0.3) is 0 Å². The second kappa shape index (κ2) is 2.81. The maximum atomic E-state index is 3.91. The average Bonchev–Trinajstić information content (AvgIpc) is 1.92. The second-order valence-corrected chi connectivity index (χ2v) is 4.27. The zero-order valence-electron chi connectivity index (χ0n) is 8.39. The molecule has 0 spiro atoms. The number of hydrogen-bond donors (Lipinski definition) is 0. The molecule has 0 aromatic rings. The zero-order chi connectivity index (χ0) is 9.35. The van der Waals surface area contributed by atoms with Crippen molar-refractivity contribution in [2.24, 2.45) is 5.41 Å². The molecule has 12 heavy (non-hydrogen) atoms. The lowest BCUT2D eigenvalue weighted by atomic mass is 9.86. The van der Waals surface area contributed by atoms with Crippen molar-refractivity contribution < 1.29 is 0 Å². The Hall–Kier alpha value is -0.980. The molecule has 0 amide bonds. The van der Waals surface area contributed by atoms with E-state index in [4.69, 9.17) is 0 Å². The number of rotatable bonds is 0. The van der Waals surface area contributed by atoms with Crippen LogP contribution in [0.25, 0.3) is 0 Å². The van der Waals surface area contributed by atoms with E-state index in [2.05, 4.69) is 50.6 Å². The van der Waals surface area contributed by atoms with Crippen molar-refractivity contribution in [3.8, 4) is 0 Å². The third-order valence-electron chi connectivity index (χ3n) is 2.11. The van der Waals surface area contributed by atoms with Gasteiger partial charge in [0.2, 0.25) is 0 Å². The highest BCUT2D eigenvalue weighted by Gasteiger charge is 2.17. The van der Waals surface area contributed by atoms with Crippen molar-refractivity contribution in [3.05, 3.63) is 36.2 Å². The molecule has 1 nitrogen and oxygen atoms in total. The smallest absolute Gasteiger partial charge is 0.0330 e. The minimum atomic E-state index is 0.228. The van der Waals surface area contributed by atoms with E-state index in [-0.39, 0.29) is 5.41 Å². The predicted octanol–water partition coefficient (Wildman–Crippen LogP) is 2.93. The van der Waals surface area contributed by atoms with E-state index in [0.717, 1.165) is 5.70 Å². The molecule has 1 aliphatic heterocycles. The highest BCUT2D eigenvalue weighted by Crippen LogP contribution is 2.29. The van der Waals surface area contributed by atoms with E-state index >= 15 is 0 Å². The molecule has 0 unspecified atom stereocenters. The highest BCUT2D eigenvalue weighted by atomic mass is 15.1. The van der Waals surface area contributed by atoms with Gasteiger partial charge in [-0.3, -0.25) is 0 Å². The fourth-order valence-electron chi connectivity index (χ4n) is 1.08. The summed E-state index contributed by atoms with van der Waals surface area (Å²) < 4.78 is 0. The van der Waals surface area contributed by atoms with E-state index in [1.165, 1.54) is 5.57 Å². The van der Waals surface area contributed by atoms with Crippen molar-refractivity contribution in [2.75, 3.05) is 7.05 Å². The van der Waals surface area contributed by atoms with Crippen LogP contribution in [-0.2, 0) is 0 Å². The van der Waals surface area contributed by atoms with Crippen LogP contribution in [0.5, 0.6) is 0 Å².